The second-order valence-electron chi connectivity index (χ2n) is 8.56. The Kier molecular flexibility index (Phi) is 6.65. The number of carbonyl (C=O) groups is 1. The van der Waals surface area contributed by atoms with E-state index in [1.165, 1.54) is 0 Å². The van der Waals surface area contributed by atoms with Crippen LogP contribution in [-0.2, 0) is 10.9 Å². The Hall–Kier alpha value is -2.59. The van der Waals surface area contributed by atoms with E-state index in [1.807, 2.05) is 24.3 Å². The highest BCUT2D eigenvalue weighted by Gasteiger charge is 2.33. The maximum atomic E-state index is 13.4. The normalized spacial score (nSPS) is 12.4. The monoisotopic (exact) mass is 551 g/mol. The number of fused-ring (bicyclic) bond motifs is 2. The number of halogens is 4. The molecule has 34 heavy (non-hydrogen) atoms. The molecule has 4 aromatic rings. The highest BCUT2D eigenvalue weighted by atomic mass is 79.9. The molecule has 4 rings (SSSR count). The van der Waals surface area contributed by atoms with Crippen molar-refractivity contribution >= 4 is 55.7 Å². The molecule has 0 fully saturated rings. The Labute approximate surface area is 206 Å². The number of carbonyl (C=O) groups excluding carboxylic acids is 1. The fourth-order valence-electron chi connectivity index (χ4n) is 3.41. The van der Waals surface area contributed by atoms with Crippen molar-refractivity contribution in [3.8, 4) is 11.4 Å². The summed E-state index contributed by atoms with van der Waals surface area (Å²) in [6, 6.07) is 12.0. The van der Waals surface area contributed by atoms with Crippen molar-refractivity contribution in [2.75, 3.05) is 11.1 Å². The van der Waals surface area contributed by atoms with E-state index in [-0.39, 0.29) is 11.0 Å². The van der Waals surface area contributed by atoms with Crippen molar-refractivity contribution in [3.63, 3.8) is 0 Å². The van der Waals surface area contributed by atoms with Gasteiger partial charge in [-0.1, -0.05) is 28.1 Å². The molecule has 0 bridgehead atoms. The molecule has 3 aromatic heterocycles. The lowest BCUT2D eigenvalue weighted by Crippen LogP contribution is -2.27. The molecule has 0 amide bonds. The minimum atomic E-state index is -4.60. The number of rotatable bonds is 4. The summed E-state index contributed by atoms with van der Waals surface area (Å²) in [4.78, 5) is 22.8. The van der Waals surface area contributed by atoms with E-state index in [9.17, 15) is 18.0 Å². The van der Waals surface area contributed by atoms with Gasteiger partial charge in [0.25, 0.3) is 0 Å². The first kappa shape index (κ1) is 24.5. The molecule has 3 heterocycles. The third-order valence-electron chi connectivity index (χ3n) is 4.83. The maximum absolute atomic E-state index is 13.4. The molecule has 0 aliphatic heterocycles. The first-order chi connectivity index (χ1) is 16.0. The average Bonchev–Trinajstić information content (AvgIpc) is 3.14. The van der Waals surface area contributed by atoms with Crippen LogP contribution in [0.4, 0.5) is 18.0 Å². The number of alkyl halides is 4. The summed E-state index contributed by atoms with van der Waals surface area (Å²) < 4.78 is 46.7. The number of aromatic nitrogens is 3. The summed E-state index contributed by atoms with van der Waals surface area (Å²) in [7, 11) is 0. The van der Waals surface area contributed by atoms with Gasteiger partial charge in [-0.25, -0.2) is 14.3 Å². The van der Waals surface area contributed by atoms with Crippen LogP contribution in [-0.4, -0.2) is 37.3 Å². The summed E-state index contributed by atoms with van der Waals surface area (Å²) in [6.07, 6.45) is -4.65. The van der Waals surface area contributed by atoms with Gasteiger partial charge in [0, 0.05) is 27.6 Å². The van der Waals surface area contributed by atoms with E-state index < -0.39 is 23.4 Å². The van der Waals surface area contributed by atoms with Crippen molar-refractivity contribution in [2.24, 2.45) is 0 Å². The molecule has 0 spiro atoms. The lowest BCUT2D eigenvalue weighted by atomic mass is 10.2. The Balaban J connectivity index is 1.90. The Morgan fingerprint density at radius 2 is 1.82 bits per heavy atom. The Morgan fingerprint density at radius 1 is 1.09 bits per heavy atom. The van der Waals surface area contributed by atoms with Crippen LogP contribution in [0.2, 0.25) is 0 Å². The molecule has 0 N–H and O–H groups in total. The molecule has 0 unspecified atom stereocenters. The number of benzene rings is 1. The highest BCUT2D eigenvalue weighted by Crippen LogP contribution is 2.34. The largest absolute Gasteiger partial charge is 0.443 e. The number of ether oxygens (including phenoxy) is 1. The lowest BCUT2D eigenvalue weighted by molar-refractivity contribution is -0.137. The van der Waals surface area contributed by atoms with Crippen LogP contribution in [0.25, 0.3) is 33.3 Å². The molecule has 10 heteroatoms. The molecule has 0 radical (unpaired) electrons. The second kappa shape index (κ2) is 9.22. The molecule has 178 valence electrons. The average molecular weight is 552 g/mol. The molecule has 0 aliphatic rings. The third kappa shape index (κ3) is 5.22. The van der Waals surface area contributed by atoms with Crippen molar-refractivity contribution in [3.05, 3.63) is 54.2 Å². The van der Waals surface area contributed by atoms with Crippen LogP contribution >= 0.6 is 27.7 Å². The molecular formula is C24H21BrF3N3O2S. The summed E-state index contributed by atoms with van der Waals surface area (Å²) in [6.45, 7) is 5.07. The van der Waals surface area contributed by atoms with Gasteiger partial charge in [0.05, 0.1) is 33.5 Å². The molecule has 0 saturated heterocycles. The fourth-order valence-corrected chi connectivity index (χ4v) is 4.57. The van der Waals surface area contributed by atoms with Gasteiger partial charge in [-0.3, -0.25) is 4.98 Å². The van der Waals surface area contributed by atoms with Crippen molar-refractivity contribution in [2.45, 2.75) is 37.4 Å². The van der Waals surface area contributed by atoms with Gasteiger partial charge >= 0.3 is 12.3 Å². The second-order valence-corrected chi connectivity index (χ2v) is 10.5. The van der Waals surface area contributed by atoms with Gasteiger partial charge in [-0.05, 0) is 51.1 Å². The van der Waals surface area contributed by atoms with Crippen LogP contribution in [0.3, 0.4) is 0 Å². The van der Waals surface area contributed by atoms with Crippen LogP contribution < -0.4 is 0 Å². The lowest BCUT2D eigenvalue weighted by Gasteiger charge is -2.21. The minimum Gasteiger partial charge on any atom is -0.443 e. The van der Waals surface area contributed by atoms with E-state index >= 15 is 0 Å². The van der Waals surface area contributed by atoms with E-state index in [0.717, 1.165) is 38.2 Å². The van der Waals surface area contributed by atoms with Crippen molar-refractivity contribution < 1.29 is 22.7 Å². The summed E-state index contributed by atoms with van der Waals surface area (Å²) >= 11 is 5.09. The molecule has 0 saturated carbocycles. The predicted octanol–water partition coefficient (Wildman–Crippen LogP) is 7.54. The first-order valence-corrected chi connectivity index (χ1v) is 12.5. The number of nitrogens with zero attached hydrogens (tertiary/aromatic N) is 3. The Morgan fingerprint density at radius 3 is 2.50 bits per heavy atom. The summed E-state index contributed by atoms with van der Waals surface area (Å²) in [5.41, 5.74) is -0.126. The zero-order valence-corrected chi connectivity index (χ0v) is 21.0. The number of hydrogen-bond acceptors (Lipinski definition) is 5. The predicted molar refractivity (Wildman–Crippen MR) is 132 cm³/mol. The van der Waals surface area contributed by atoms with E-state index in [2.05, 4.69) is 20.9 Å². The van der Waals surface area contributed by atoms with Crippen molar-refractivity contribution in [1.29, 1.82) is 0 Å². The Bertz CT molecular complexity index is 1380. The number of hydrogen-bond donors (Lipinski definition) is 0. The highest BCUT2D eigenvalue weighted by molar-refractivity contribution is 9.09. The van der Waals surface area contributed by atoms with Gasteiger partial charge in [-0.15, -0.1) is 11.8 Å². The summed E-state index contributed by atoms with van der Waals surface area (Å²) in [5.74, 6) is 0.894. The number of pyridine rings is 2. The quantitative estimate of drug-likeness (QED) is 0.193. The van der Waals surface area contributed by atoms with Crippen LogP contribution in [0.5, 0.6) is 0 Å². The maximum Gasteiger partial charge on any atom is 0.419 e. The zero-order valence-electron chi connectivity index (χ0n) is 18.6. The van der Waals surface area contributed by atoms with Crippen LogP contribution in [0, 0.1) is 0 Å². The molecule has 5 nitrogen and oxygen atoms in total. The van der Waals surface area contributed by atoms with Gasteiger partial charge < -0.3 is 4.74 Å². The van der Waals surface area contributed by atoms with E-state index in [4.69, 9.17) is 9.72 Å². The number of thioether (sulfide) groups is 1. The zero-order chi connectivity index (χ0) is 24.7. The molecular weight excluding hydrogens is 531 g/mol. The van der Waals surface area contributed by atoms with Crippen molar-refractivity contribution in [1.82, 2.24) is 14.5 Å². The molecule has 0 atom stereocenters. The minimum absolute atomic E-state index is 0.00241. The van der Waals surface area contributed by atoms with Crippen LogP contribution in [0.1, 0.15) is 26.3 Å². The van der Waals surface area contributed by atoms with Gasteiger partial charge in [0.15, 0.2) is 0 Å². The standard InChI is InChI=1S/C24H21BrF3N3O2S/c1-23(2,3)33-22(32)31-20-10-15(24(26,27)28)13-29-19(20)12-21(31)17-7-5-14-4-6-16(34-9-8-25)11-18(14)30-17/h4-7,10-13H,8-9H2,1-3H3. The van der Waals surface area contributed by atoms with Gasteiger partial charge in [0.1, 0.15) is 5.60 Å². The summed E-state index contributed by atoms with van der Waals surface area (Å²) in [5, 5.41) is 1.76. The smallest absolute Gasteiger partial charge is 0.419 e. The first-order valence-electron chi connectivity index (χ1n) is 10.4. The fraction of sp³-hybridized carbons (Fsp3) is 0.292. The van der Waals surface area contributed by atoms with Gasteiger partial charge in [0.2, 0.25) is 0 Å². The van der Waals surface area contributed by atoms with Gasteiger partial charge in [-0.2, -0.15) is 13.2 Å². The third-order valence-corrected chi connectivity index (χ3v) is 6.74. The molecule has 1 aromatic carbocycles. The SMILES string of the molecule is CC(C)(C)OC(=O)n1c(-c2ccc3ccc(SCCBr)cc3n2)cc2ncc(C(F)(F)F)cc21. The van der Waals surface area contributed by atoms with E-state index in [0.29, 0.717) is 16.9 Å². The van der Waals surface area contributed by atoms with E-state index in [1.54, 1.807) is 44.7 Å². The van der Waals surface area contributed by atoms with Crippen LogP contribution in [0.15, 0.2) is 53.6 Å². The molecule has 0 aliphatic carbocycles. The topological polar surface area (TPSA) is 57.0 Å².